The summed E-state index contributed by atoms with van der Waals surface area (Å²) < 4.78 is 5.38. The van der Waals surface area contributed by atoms with E-state index in [-0.39, 0.29) is 11.9 Å². The summed E-state index contributed by atoms with van der Waals surface area (Å²) in [7, 11) is 0. The van der Waals surface area contributed by atoms with Crippen LogP contribution in [0.5, 0.6) is 0 Å². The minimum atomic E-state index is -0.464. The Kier molecular flexibility index (Phi) is 3.91. The summed E-state index contributed by atoms with van der Waals surface area (Å²) in [6, 6.07) is 7.22. The van der Waals surface area contributed by atoms with Crippen LogP contribution in [-0.4, -0.2) is 16.1 Å². The zero-order valence-electron chi connectivity index (χ0n) is 12.6. The third-order valence-corrected chi connectivity index (χ3v) is 4.55. The van der Waals surface area contributed by atoms with Crippen molar-refractivity contribution in [1.82, 2.24) is 15.5 Å². The third-order valence-electron chi connectivity index (χ3n) is 4.30. The van der Waals surface area contributed by atoms with Gasteiger partial charge in [0.15, 0.2) is 0 Å². The molecule has 1 unspecified atom stereocenters. The Morgan fingerprint density at radius 3 is 2.50 bits per heavy atom. The van der Waals surface area contributed by atoms with Crippen LogP contribution in [0.1, 0.15) is 49.6 Å². The van der Waals surface area contributed by atoms with Crippen molar-refractivity contribution < 1.29 is 9.21 Å². The van der Waals surface area contributed by atoms with Gasteiger partial charge in [-0.3, -0.25) is 4.79 Å². The molecule has 0 bridgehead atoms. The van der Waals surface area contributed by atoms with Crippen LogP contribution in [0, 0.1) is 6.92 Å². The molecule has 0 saturated heterocycles. The maximum Gasteiger partial charge on any atom is 0.238 e. The number of aromatic nitrogens is 2. The van der Waals surface area contributed by atoms with E-state index in [1.54, 1.807) is 6.92 Å². The van der Waals surface area contributed by atoms with Crippen LogP contribution >= 0.6 is 11.6 Å². The summed E-state index contributed by atoms with van der Waals surface area (Å²) >= 11 is 5.94. The highest BCUT2D eigenvalue weighted by molar-refractivity contribution is 6.30. The second-order valence-electron chi connectivity index (χ2n) is 5.80. The Balaban J connectivity index is 1.78. The maximum atomic E-state index is 12.8. The SMILES string of the molecule is Cc1nnc(C(C)NC(=O)C2(c3ccc(Cl)cc3)CCC2)o1. The Labute approximate surface area is 134 Å². The van der Waals surface area contributed by atoms with Crippen molar-refractivity contribution in [3.8, 4) is 0 Å². The van der Waals surface area contributed by atoms with Crippen LogP contribution in [0.4, 0.5) is 0 Å². The molecule has 116 valence electrons. The van der Waals surface area contributed by atoms with Crippen molar-refractivity contribution in [3.63, 3.8) is 0 Å². The molecule has 0 spiro atoms. The predicted molar refractivity (Wildman–Crippen MR) is 82.6 cm³/mol. The third kappa shape index (κ3) is 2.61. The first kappa shape index (κ1) is 15.0. The van der Waals surface area contributed by atoms with Gasteiger partial charge in [0.2, 0.25) is 17.7 Å². The number of hydrogen-bond donors (Lipinski definition) is 1. The first-order chi connectivity index (χ1) is 10.5. The van der Waals surface area contributed by atoms with Gasteiger partial charge >= 0.3 is 0 Å². The van der Waals surface area contributed by atoms with Crippen molar-refractivity contribution >= 4 is 17.5 Å². The second kappa shape index (κ2) is 5.72. The molecule has 1 aromatic heterocycles. The quantitative estimate of drug-likeness (QED) is 0.938. The molecular weight excluding hydrogens is 302 g/mol. The summed E-state index contributed by atoms with van der Waals surface area (Å²) in [6.07, 6.45) is 2.73. The highest BCUT2D eigenvalue weighted by Gasteiger charge is 2.46. The summed E-state index contributed by atoms with van der Waals surface area (Å²) in [5.74, 6) is 0.924. The van der Waals surface area contributed by atoms with Crippen molar-refractivity contribution in [2.45, 2.75) is 44.6 Å². The normalized spacial score (nSPS) is 17.6. The number of benzene rings is 1. The van der Waals surface area contributed by atoms with Crippen LogP contribution in [0.25, 0.3) is 0 Å². The Bertz CT molecular complexity index is 677. The molecule has 1 amide bonds. The Hall–Kier alpha value is -1.88. The molecule has 1 fully saturated rings. The molecule has 0 aliphatic heterocycles. The number of rotatable bonds is 4. The van der Waals surface area contributed by atoms with Gasteiger partial charge in [0.25, 0.3) is 0 Å². The average Bonchev–Trinajstić information content (AvgIpc) is 2.86. The molecule has 1 aliphatic rings. The Morgan fingerprint density at radius 2 is 2.00 bits per heavy atom. The molecule has 1 aliphatic carbocycles. The lowest BCUT2D eigenvalue weighted by Crippen LogP contribution is -2.49. The molecule has 1 atom stereocenters. The maximum absolute atomic E-state index is 12.8. The van der Waals surface area contributed by atoms with E-state index >= 15 is 0 Å². The molecule has 2 aromatic rings. The molecule has 0 radical (unpaired) electrons. The largest absolute Gasteiger partial charge is 0.423 e. The van der Waals surface area contributed by atoms with Gasteiger partial charge in [0.05, 0.1) is 5.41 Å². The van der Waals surface area contributed by atoms with E-state index in [9.17, 15) is 4.79 Å². The van der Waals surface area contributed by atoms with Crippen LogP contribution < -0.4 is 5.32 Å². The van der Waals surface area contributed by atoms with Crippen LogP contribution in [0.3, 0.4) is 0 Å². The van der Waals surface area contributed by atoms with Crippen molar-refractivity contribution in [2.24, 2.45) is 0 Å². The van der Waals surface area contributed by atoms with E-state index in [0.29, 0.717) is 16.8 Å². The minimum Gasteiger partial charge on any atom is -0.423 e. The molecule has 3 rings (SSSR count). The van der Waals surface area contributed by atoms with Gasteiger partial charge in [0, 0.05) is 11.9 Å². The number of halogens is 1. The van der Waals surface area contributed by atoms with Crippen LogP contribution in [0.2, 0.25) is 5.02 Å². The smallest absolute Gasteiger partial charge is 0.238 e. The molecule has 22 heavy (non-hydrogen) atoms. The highest BCUT2D eigenvalue weighted by Crippen LogP contribution is 2.44. The minimum absolute atomic E-state index is 0.00410. The summed E-state index contributed by atoms with van der Waals surface area (Å²) in [6.45, 7) is 3.57. The zero-order valence-corrected chi connectivity index (χ0v) is 13.4. The number of aryl methyl sites for hydroxylation is 1. The van der Waals surface area contributed by atoms with Gasteiger partial charge in [-0.05, 0) is 37.5 Å². The zero-order chi connectivity index (χ0) is 15.7. The molecular formula is C16H18ClN3O2. The fourth-order valence-electron chi connectivity index (χ4n) is 2.83. The first-order valence-corrected chi connectivity index (χ1v) is 7.76. The highest BCUT2D eigenvalue weighted by atomic mass is 35.5. The average molecular weight is 320 g/mol. The molecule has 5 nitrogen and oxygen atoms in total. The lowest BCUT2D eigenvalue weighted by molar-refractivity contribution is -0.130. The number of hydrogen-bond acceptors (Lipinski definition) is 4. The fraction of sp³-hybridized carbons (Fsp3) is 0.438. The molecule has 6 heteroatoms. The number of nitrogens with zero attached hydrogens (tertiary/aromatic N) is 2. The number of carbonyl (C=O) groups is 1. The summed E-state index contributed by atoms with van der Waals surface area (Å²) in [5.41, 5.74) is 0.544. The lowest BCUT2D eigenvalue weighted by Gasteiger charge is -2.41. The topological polar surface area (TPSA) is 68.0 Å². The Morgan fingerprint density at radius 1 is 1.32 bits per heavy atom. The van der Waals surface area contributed by atoms with Gasteiger partial charge in [0.1, 0.15) is 6.04 Å². The van der Waals surface area contributed by atoms with Gasteiger partial charge in [-0.1, -0.05) is 30.2 Å². The van der Waals surface area contributed by atoms with E-state index in [1.807, 2.05) is 31.2 Å². The van der Waals surface area contributed by atoms with E-state index in [4.69, 9.17) is 16.0 Å². The number of nitrogens with one attached hydrogen (secondary N) is 1. The van der Waals surface area contributed by atoms with Crippen molar-refractivity contribution in [1.29, 1.82) is 0 Å². The second-order valence-corrected chi connectivity index (χ2v) is 6.23. The van der Waals surface area contributed by atoms with Crippen molar-refractivity contribution in [2.75, 3.05) is 0 Å². The van der Waals surface area contributed by atoms with Gasteiger partial charge in [-0.25, -0.2) is 0 Å². The summed E-state index contributed by atoms with van der Waals surface area (Å²) in [4.78, 5) is 12.8. The van der Waals surface area contributed by atoms with E-state index in [2.05, 4.69) is 15.5 Å². The predicted octanol–water partition coefficient (Wildman–Crippen LogP) is 3.33. The monoisotopic (exact) mass is 319 g/mol. The number of carbonyl (C=O) groups excluding carboxylic acids is 1. The molecule has 1 saturated carbocycles. The lowest BCUT2D eigenvalue weighted by atomic mass is 9.63. The van der Waals surface area contributed by atoms with Gasteiger partial charge in [-0.15, -0.1) is 10.2 Å². The van der Waals surface area contributed by atoms with Gasteiger partial charge in [-0.2, -0.15) is 0 Å². The van der Waals surface area contributed by atoms with Crippen molar-refractivity contribution in [3.05, 3.63) is 46.6 Å². The number of amides is 1. The van der Waals surface area contributed by atoms with E-state index < -0.39 is 5.41 Å². The van der Waals surface area contributed by atoms with Crippen LogP contribution in [0.15, 0.2) is 28.7 Å². The van der Waals surface area contributed by atoms with E-state index in [1.165, 1.54) is 0 Å². The molecule has 1 heterocycles. The molecule has 1 N–H and O–H groups in total. The summed E-state index contributed by atoms with van der Waals surface area (Å²) in [5, 5.41) is 11.4. The van der Waals surface area contributed by atoms with Crippen LogP contribution in [-0.2, 0) is 10.2 Å². The fourth-order valence-corrected chi connectivity index (χ4v) is 2.96. The molecule has 1 aromatic carbocycles. The first-order valence-electron chi connectivity index (χ1n) is 7.38. The van der Waals surface area contributed by atoms with E-state index in [0.717, 1.165) is 24.8 Å². The standard InChI is InChI=1S/C16H18ClN3O2/c1-10(14-20-19-11(2)22-14)18-15(21)16(8-3-9-16)12-4-6-13(17)7-5-12/h4-7,10H,3,8-9H2,1-2H3,(H,18,21). The van der Waals surface area contributed by atoms with Gasteiger partial charge < -0.3 is 9.73 Å².